The number of fused-ring (bicyclic) bond motifs is 1. The van der Waals surface area contributed by atoms with E-state index in [1.54, 1.807) is 23.5 Å². The number of imidazole rings is 1. The molecule has 0 bridgehead atoms. The maximum absolute atomic E-state index is 14.6. The quantitative estimate of drug-likeness (QED) is 0.699. The van der Waals surface area contributed by atoms with Crippen LogP contribution in [0, 0.1) is 17.7 Å². The molecule has 1 aliphatic carbocycles. The van der Waals surface area contributed by atoms with Crippen molar-refractivity contribution in [3.63, 3.8) is 0 Å². The van der Waals surface area contributed by atoms with Crippen molar-refractivity contribution in [2.45, 2.75) is 43.7 Å². The topological polar surface area (TPSA) is 70.4 Å². The van der Waals surface area contributed by atoms with Crippen molar-refractivity contribution >= 4 is 30.7 Å². The fourth-order valence-electron chi connectivity index (χ4n) is 5.65. The standard InChI is InChI=1S/C23H29FN4O2.2ClH/c24-20-2-1-16(15-3-5-25-6-4-15)9-19(20)23(30)28-12-17-10-21(27-8-7-26-14-27)22(29)11-18(17)13-28;;/h1-2,7-9,14-15,17-18,21-22,25,29H,3-6,10-13H2;2*1H/t17-,18+,21-,22-;;/m1../s1. The van der Waals surface area contributed by atoms with E-state index >= 15 is 0 Å². The van der Waals surface area contributed by atoms with Crippen molar-refractivity contribution in [1.29, 1.82) is 0 Å². The number of hydrogen-bond acceptors (Lipinski definition) is 4. The normalized spacial score (nSPS) is 27.9. The predicted molar refractivity (Wildman–Crippen MR) is 125 cm³/mol. The Morgan fingerprint density at radius 2 is 1.84 bits per heavy atom. The summed E-state index contributed by atoms with van der Waals surface area (Å²) in [5.74, 6) is 0.306. The number of benzene rings is 1. The summed E-state index contributed by atoms with van der Waals surface area (Å²) in [5, 5.41) is 14.0. The summed E-state index contributed by atoms with van der Waals surface area (Å²) < 4.78 is 16.6. The lowest BCUT2D eigenvalue weighted by Crippen LogP contribution is -2.35. The second-order valence-corrected chi connectivity index (χ2v) is 9.11. The van der Waals surface area contributed by atoms with Crippen molar-refractivity contribution < 1.29 is 14.3 Å². The van der Waals surface area contributed by atoms with Crippen LogP contribution in [0.1, 0.15) is 53.6 Å². The molecule has 1 aromatic carbocycles. The Kier molecular flexibility index (Phi) is 8.20. The van der Waals surface area contributed by atoms with E-state index in [0.717, 1.165) is 37.9 Å². The van der Waals surface area contributed by atoms with Gasteiger partial charge in [-0.15, -0.1) is 24.8 Å². The van der Waals surface area contributed by atoms with Crippen LogP contribution in [0.3, 0.4) is 0 Å². The summed E-state index contributed by atoms with van der Waals surface area (Å²) in [7, 11) is 0. The molecule has 2 saturated heterocycles. The summed E-state index contributed by atoms with van der Waals surface area (Å²) in [5.41, 5.74) is 1.25. The average Bonchev–Trinajstić information content (AvgIpc) is 3.43. The van der Waals surface area contributed by atoms with Crippen LogP contribution in [0.2, 0.25) is 0 Å². The van der Waals surface area contributed by atoms with Gasteiger partial charge in [-0.3, -0.25) is 4.79 Å². The van der Waals surface area contributed by atoms with Crippen LogP contribution in [-0.2, 0) is 0 Å². The zero-order valence-electron chi connectivity index (χ0n) is 17.9. The lowest BCUT2D eigenvalue weighted by Gasteiger charge is -2.35. The molecular formula is C23H31Cl2FN4O2. The molecule has 0 unspecified atom stereocenters. The number of aromatic nitrogens is 2. The van der Waals surface area contributed by atoms with E-state index in [2.05, 4.69) is 10.3 Å². The number of carbonyl (C=O) groups excluding carboxylic acids is 1. The number of nitrogens with one attached hydrogen (secondary N) is 1. The molecule has 1 saturated carbocycles. The van der Waals surface area contributed by atoms with Crippen LogP contribution in [-0.4, -0.2) is 57.7 Å². The van der Waals surface area contributed by atoms with Crippen LogP contribution in [0.25, 0.3) is 0 Å². The minimum atomic E-state index is -0.449. The van der Waals surface area contributed by atoms with Gasteiger partial charge in [0.15, 0.2) is 0 Å². The highest BCUT2D eigenvalue weighted by atomic mass is 35.5. The summed E-state index contributed by atoms with van der Waals surface area (Å²) in [6.45, 7) is 3.13. The molecule has 3 aliphatic rings. The van der Waals surface area contributed by atoms with E-state index in [1.807, 2.05) is 16.8 Å². The Hall–Kier alpha value is -1.67. The SMILES string of the molecule is Cl.Cl.O=C(c1cc(C2CCNCC2)ccc1F)N1C[C@H]2C[C@@H](n3ccnc3)[C@H](O)C[C@H]2C1. The summed E-state index contributed by atoms with van der Waals surface area (Å²) in [6, 6.07) is 5.05. The van der Waals surface area contributed by atoms with Crippen molar-refractivity contribution in [3.05, 3.63) is 53.9 Å². The van der Waals surface area contributed by atoms with E-state index in [-0.39, 0.29) is 48.2 Å². The third-order valence-electron chi connectivity index (χ3n) is 7.34. The van der Waals surface area contributed by atoms with Gasteiger partial charge in [-0.05, 0) is 74.2 Å². The fraction of sp³-hybridized carbons (Fsp3) is 0.565. The zero-order valence-corrected chi connectivity index (χ0v) is 19.5. The van der Waals surface area contributed by atoms with Crippen molar-refractivity contribution in [2.24, 2.45) is 11.8 Å². The number of nitrogens with zero attached hydrogens (tertiary/aromatic N) is 3. The van der Waals surface area contributed by atoms with Gasteiger partial charge in [-0.25, -0.2) is 9.37 Å². The molecule has 32 heavy (non-hydrogen) atoms. The molecule has 2 aromatic rings. The van der Waals surface area contributed by atoms with E-state index in [9.17, 15) is 14.3 Å². The van der Waals surface area contributed by atoms with Crippen LogP contribution >= 0.6 is 24.8 Å². The molecule has 5 rings (SSSR count). The van der Waals surface area contributed by atoms with Crippen LogP contribution < -0.4 is 5.32 Å². The smallest absolute Gasteiger partial charge is 0.256 e. The van der Waals surface area contributed by atoms with E-state index < -0.39 is 11.9 Å². The third kappa shape index (κ3) is 4.81. The second kappa shape index (κ2) is 10.5. The maximum Gasteiger partial charge on any atom is 0.256 e. The lowest BCUT2D eigenvalue weighted by atomic mass is 9.77. The van der Waals surface area contributed by atoms with Gasteiger partial charge < -0.3 is 19.9 Å². The Morgan fingerprint density at radius 1 is 1.12 bits per heavy atom. The highest BCUT2D eigenvalue weighted by molar-refractivity contribution is 5.95. The molecule has 9 heteroatoms. The maximum atomic E-state index is 14.6. The predicted octanol–water partition coefficient (Wildman–Crippen LogP) is 3.42. The second-order valence-electron chi connectivity index (χ2n) is 9.11. The molecule has 6 nitrogen and oxygen atoms in total. The first-order chi connectivity index (χ1) is 14.6. The molecule has 1 aromatic heterocycles. The first-order valence-electron chi connectivity index (χ1n) is 11.0. The first kappa shape index (κ1) is 25.0. The van der Waals surface area contributed by atoms with E-state index in [0.29, 0.717) is 31.3 Å². The van der Waals surface area contributed by atoms with Crippen LogP contribution in [0.5, 0.6) is 0 Å². The highest BCUT2D eigenvalue weighted by Crippen LogP contribution is 2.41. The van der Waals surface area contributed by atoms with E-state index in [1.165, 1.54) is 6.07 Å². The molecule has 3 heterocycles. The van der Waals surface area contributed by atoms with E-state index in [4.69, 9.17) is 0 Å². The van der Waals surface area contributed by atoms with Crippen LogP contribution in [0.15, 0.2) is 36.9 Å². The Morgan fingerprint density at radius 3 is 2.53 bits per heavy atom. The van der Waals surface area contributed by atoms with Gasteiger partial charge in [-0.2, -0.15) is 0 Å². The Balaban J connectivity index is 0.00000144. The molecule has 4 atom stereocenters. The van der Waals surface area contributed by atoms with Gasteiger partial charge in [-0.1, -0.05) is 6.07 Å². The van der Waals surface area contributed by atoms with Crippen LogP contribution in [0.4, 0.5) is 4.39 Å². The molecule has 1 amide bonds. The van der Waals surface area contributed by atoms with Gasteiger partial charge in [0.25, 0.3) is 5.91 Å². The van der Waals surface area contributed by atoms with Crippen molar-refractivity contribution in [1.82, 2.24) is 19.8 Å². The number of aliphatic hydroxyl groups is 1. The fourth-order valence-corrected chi connectivity index (χ4v) is 5.65. The zero-order chi connectivity index (χ0) is 20.7. The summed E-state index contributed by atoms with van der Waals surface area (Å²) in [4.78, 5) is 19.1. The molecule has 3 fully saturated rings. The summed E-state index contributed by atoms with van der Waals surface area (Å²) >= 11 is 0. The molecule has 0 spiro atoms. The van der Waals surface area contributed by atoms with Crippen molar-refractivity contribution in [3.8, 4) is 0 Å². The number of halogens is 3. The number of piperidine rings is 1. The number of carbonyl (C=O) groups is 1. The minimum absolute atomic E-state index is 0. The molecule has 2 N–H and O–H groups in total. The lowest BCUT2D eigenvalue weighted by molar-refractivity contribution is 0.0357. The molecule has 0 radical (unpaired) electrons. The van der Waals surface area contributed by atoms with Gasteiger partial charge in [0, 0.05) is 25.5 Å². The third-order valence-corrected chi connectivity index (χ3v) is 7.34. The molecular weight excluding hydrogens is 454 g/mol. The minimum Gasteiger partial charge on any atom is -0.391 e. The van der Waals surface area contributed by atoms with Gasteiger partial charge >= 0.3 is 0 Å². The number of aliphatic hydroxyl groups excluding tert-OH is 1. The number of rotatable bonds is 3. The molecule has 176 valence electrons. The monoisotopic (exact) mass is 484 g/mol. The summed E-state index contributed by atoms with van der Waals surface area (Å²) in [6.07, 6.45) is 8.40. The Labute approximate surface area is 200 Å². The van der Waals surface area contributed by atoms with Gasteiger partial charge in [0.2, 0.25) is 0 Å². The largest absolute Gasteiger partial charge is 0.391 e. The van der Waals surface area contributed by atoms with Crippen molar-refractivity contribution in [2.75, 3.05) is 26.2 Å². The first-order valence-corrected chi connectivity index (χ1v) is 11.0. The van der Waals surface area contributed by atoms with Gasteiger partial charge in [0.1, 0.15) is 5.82 Å². The number of hydrogen-bond donors (Lipinski definition) is 2. The average molecular weight is 485 g/mol. The number of amides is 1. The Bertz CT molecular complexity index is 907. The highest BCUT2D eigenvalue weighted by Gasteiger charge is 2.43. The number of likely N-dealkylation sites (tertiary alicyclic amines) is 1. The van der Waals surface area contributed by atoms with Gasteiger partial charge in [0.05, 0.1) is 24.0 Å². The molecule has 2 aliphatic heterocycles.